The Labute approximate surface area is 122 Å². The minimum atomic E-state index is -0.340. The van der Waals surface area contributed by atoms with Gasteiger partial charge in [0.2, 0.25) is 0 Å². The molecule has 2 N–H and O–H groups in total. The van der Waals surface area contributed by atoms with Gasteiger partial charge >= 0.3 is 0 Å². The van der Waals surface area contributed by atoms with Crippen molar-refractivity contribution in [3.05, 3.63) is 47.4 Å². The summed E-state index contributed by atoms with van der Waals surface area (Å²) >= 11 is 5.93. The highest BCUT2D eigenvalue weighted by Crippen LogP contribution is 2.18. The zero-order valence-electron chi connectivity index (χ0n) is 11.1. The predicted molar refractivity (Wildman–Crippen MR) is 80.2 cm³/mol. The molecule has 0 fully saturated rings. The van der Waals surface area contributed by atoms with Crippen LogP contribution < -0.4 is 10.6 Å². The van der Waals surface area contributed by atoms with Crippen molar-refractivity contribution in [3.63, 3.8) is 0 Å². The number of rotatable bonds is 5. The molecule has 104 valence electrons. The van der Waals surface area contributed by atoms with E-state index in [4.69, 9.17) is 11.6 Å². The number of aromatic nitrogens is 2. The molecule has 5 nitrogen and oxygen atoms in total. The van der Waals surface area contributed by atoms with Crippen molar-refractivity contribution in [2.45, 2.75) is 13.3 Å². The van der Waals surface area contributed by atoms with E-state index < -0.39 is 0 Å². The third-order valence-corrected chi connectivity index (χ3v) is 2.87. The van der Waals surface area contributed by atoms with E-state index in [0.717, 1.165) is 18.7 Å². The highest BCUT2D eigenvalue weighted by Gasteiger charge is 2.10. The van der Waals surface area contributed by atoms with Crippen molar-refractivity contribution >= 4 is 29.0 Å². The summed E-state index contributed by atoms with van der Waals surface area (Å²) in [7, 11) is 0. The molecule has 20 heavy (non-hydrogen) atoms. The fraction of sp³-hybridized carbons (Fsp3) is 0.214. The number of hydrogen-bond acceptors (Lipinski definition) is 4. The van der Waals surface area contributed by atoms with Crippen molar-refractivity contribution < 1.29 is 4.79 Å². The number of pyridine rings is 2. The lowest BCUT2D eigenvalue weighted by atomic mass is 10.3. The number of nitrogens with zero attached hydrogens (tertiary/aromatic N) is 2. The first-order chi connectivity index (χ1) is 9.70. The van der Waals surface area contributed by atoms with Crippen LogP contribution in [0.25, 0.3) is 0 Å². The van der Waals surface area contributed by atoms with Gasteiger partial charge in [0.05, 0.1) is 16.9 Å². The summed E-state index contributed by atoms with van der Waals surface area (Å²) in [5.41, 5.74) is 1.20. The fourth-order valence-electron chi connectivity index (χ4n) is 1.55. The Balaban J connectivity index is 2.04. The van der Waals surface area contributed by atoms with Gasteiger partial charge < -0.3 is 10.6 Å². The largest absolute Gasteiger partial charge is 0.384 e. The Bertz CT molecular complexity index is 586. The molecule has 0 aliphatic rings. The number of carbonyl (C=O) groups is 1. The summed E-state index contributed by atoms with van der Waals surface area (Å²) in [5.74, 6) is -0.0122. The Kier molecular flexibility index (Phi) is 4.90. The van der Waals surface area contributed by atoms with Crippen LogP contribution in [0, 0.1) is 0 Å². The molecular formula is C14H15ClN4O. The van der Waals surface area contributed by atoms with Crippen LogP contribution in [-0.4, -0.2) is 22.4 Å². The first kappa shape index (κ1) is 14.3. The van der Waals surface area contributed by atoms with Gasteiger partial charge in [0.25, 0.3) is 5.91 Å². The van der Waals surface area contributed by atoms with Crippen LogP contribution in [0.2, 0.25) is 5.02 Å². The van der Waals surface area contributed by atoms with Gasteiger partial charge in [-0.3, -0.25) is 4.79 Å². The molecule has 0 aliphatic carbocycles. The maximum atomic E-state index is 12.0. The maximum absolute atomic E-state index is 12.0. The molecule has 2 rings (SSSR count). The van der Waals surface area contributed by atoms with E-state index >= 15 is 0 Å². The number of carbonyl (C=O) groups excluding carboxylic acids is 1. The molecule has 1 amide bonds. The van der Waals surface area contributed by atoms with Crippen LogP contribution in [-0.2, 0) is 0 Å². The van der Waals surface area contributed by atoms with Crippen LogP contribution in [0.5, 0.6) is 0 Å². The number of nitrogens with one attached hydrogen (secondary N) is 2. The second kappa shape index (κ2) is 6.86. The Morgan fingerprint density at radius 1 is 1.30 bits per heavy atom. The van der Waals surface area contributed by atoms with Gasteiger partial charge in [-0.2, -0.15) is 0 Å². The SMILES string of the molecule is CCCNc1ccc(C(=O)Nc2ncccc2Cl)nc1. The average Bonchev–Trinajstić information content (AvgIpc) is 2.48. The zero-order chi connectivity index (χ0) is 14.4. The van der Waals surface area contributed by atoms with Crippen molar-refractivity contribution in [1.82, 2.24) is 9.97 Å². The summed E-state index contributed by atoms with van der Waals surface area (Å²) < 4.78 is 0. The molecule has 0 saturated carbocycles. The summed E-state index contributed by atoms with van der Waals surface area (Å²) in [6.45, 7) is 2.95. The number of halogens is 1. The monoisotopic (exact) mass is 290 g/mol. The lowest BCUT2D eigenvalue weighted by Crippen LogP contribution is -2.15. The van der Waals surface area contributed by atoms with E-state index in [-0.39, 0.29) is 5.91 Å². The van der Waals surface area contributed by atoms with Gasteiger partial charge in [-0.05, 0) is 30.7 Å². The van der Waals surface area contributed by atoms with Crippen molar-refractivity contribution in [1.29, 1.82) is 0 Å². The van der Waals surface area contributed by atoms with Gasteiger partial charge in [-0.25, -0.2) is 9.97 Å². The minimum Gasteiger partial charge on any atom is -0.384 e. The molecule has 2 aromatic heterocycles. The highest BCUT2D eigenvalue weighted by atomic mass is 35.5. The molecule has 0 spiro atoms. The van der Waals surface area contributed by atoms with Crippen LogP contribution >= 0.6 is 11.6 Å². The number of anilines is 2. The molecular weight excluding hydrogens is 276 g/mol. The number of amides is 1. The van der Waals surface area contributed by atoms with Crippen LogP contribution in [0.3, 0.4) is 0 Å². The summed E-state index contributed by atoms with van der Waals surface area (Å²) in [5, 5.41) is 6.21. The van der Waals surface area contributed by atoms with E-state index in [9.17, 15) is 4.79 Å². The standard InChI is InChI=1S/C14H15ClN4O/c1-2-7-16-10-5-6-12(18-9-10)14(20)19-13-11(15)4-3-8-17-13/h3-6,8-9,16H,2,7H2,1H3,(H,17,19,20). The average molecular weight is 291 g/mol. The van der Waals surface area contributed by atoms with E-state index in [1.807, 2.05) is 6.07 Å². The Morgan fingerprint density at radius 2 is 2.15 bits per heavy atom. The minimum absolute atomic E-state index is 0.314. The smallest absolute Gasteiger partial charge is 0.275 e. The second-order valence-electron chi connectivity index (χ2n) is 4.15. The van der Waals surface area contributed by atoms with Gasteiger partial charge in [0.15, 0.2) is 5.82 Å². The van der Waals surface area contributed by atoms with Crippen molar-refractivity contribution in [3.8, 4) is 0 Å². The second-order valence-corrected chi connectivity index (χ2v) is 4.55. The van der Waals surface area contributed by atoms with Crippen LogP contribution in [0.15, 0.2) is 36.7 Å². The molecule has 0 saturated heterocycles. The molecule has 2 heterocycles. The topological polar surface area (TPSA) is 66.9 Å². The first-order valence-electron chi connectivity index (χ1n) is 6.32. The third-order valence-electron chi connectivity index (χ3n) is 2.57. The molecule has 0 atom stereocenters. The van der Waals surface area contributed by atoms with Crippen LogP contribution in [0.1, 0.15) is 23.8 Å². The van der Waals surface area contributed by atoms with E-state index in [2.05, 4.69) is 27.5 Å². The molecule has 0 aromatic carbocycles. The molecule has 2 aromatic rings. The summed E-state index contributed by atoms with van der Waals surface area (Å²) in [6, 6.07) is 6.83. The lowest BCUT2D eigenvalue weighted by molar-refractivity contribution is 0.102. The highest BCUT2D eigenvalue weighted by molar-refractivity contribution is 6.33. The predicted octanol–water partition coefficient (Wildman–Crippen LogP) is 3.20. The molecule has 0 radical (unpaired) electrons. The zero-order valence-corrected chi connectivity index (χ0v) is 11.8. The first-order valence-corrected chi connectivity index (χ1v) is 6.70. The van der Waals surface area contributed by atoms with E-state index in [1.54, 1.807) is 30.6 Å². The molecule has 0 unspecified atom stereocenters. The quantitative estimate of drug-likeness (QED) is 0.887. The summed E-state index contributed by atoms with van der Waals surface area (Å²) in [6.07, 6.45) is 4.22. The van der Waals surface area contributed by atoms with Crippen molar-refractivity contribution in [2.24, 2.45) is 0 Å². The lowest BCUT2D eigenvalue weighted by Gasteiger charge is -2.07. The van der Waals surface area contributed by atoms with E-state index in [0.29, 0.717) is 16.5 Å². The van der Waals surface area contributed by atoms with Crippen LogP contribution in [0.4, 0.5) is 11.5 Å². The molecule has 6 heteroatoms. The Morgan fingerprint density at radius 3 is 2.80 bits per heavy atom. The van der Waals surface area contributed by atoms with Crippen molar-refractivity contribution in [2.75, 3.05) is 17.2 Å². The third kappa shape index (κ3) is 3.68. The Hall–Kier alpha value is -2.14. The van der Waals surface area contributed by atoms with E-state index in [1.165, 1.54) is 0 Å². The summed E-state index contributed by atoms with van der Waals surface area (Å²) in [4.78, 5) is 20.1. The molecule has 0 bridgehead atoms. The van der Waals surface area contributed by atoms with Gasteiger partial charge in [0.1, 0.15) is 5.69 Å². The molecule has 0 aliphatic heterocycles. The maximum Gasteiger partial charge on any atom is 0.275 e. The van der Waals surface area contributed by atoms with Gasteiger partial charge in [0, 0.05) is 12.7 Å². The van der Waals surface area contributed by atoms with Gasteiger partial charge in [-0.15, -0.1) is 0 Å². The number of hydrogen-bond donors (Lipinski definition) is 2. The fourth-order valence-corrected chi connectivity index (χ4v) is 1.72. The normalized spacial score (nSPS) is 10.1. The van der Waals surface area contributed by atoms with Gasteiger partial charge in [-0.1, -0.05) is 18.5 Å².